The average molecular weight is 1430 g/mol. The number of benzene rings is 7. The number of para-hydroxylation sites is 1. The van der Waals surface area contributed by atoms with Gasteiger partial charge in [0.2, 0.25) is 17.7 Å². The van der Waals surface area contributed by atoms with Gasteiger partial charge in [-0.1, -0.05) is 213 Å². The van der Waals surface area contributed by atoms with Crippen molar-refractivity contribution in [1.29, 1.82) is 0 Å². The van der Waals surface area contributed by atoms with Gasteiger partial charge >= 0.3 is 0 Å². The number of aromatic nitrogens is 1. The molecule has 11 atom stereocenters. The van der Waals surface area contributed by atoms with Crippen LogP contribution < -0.4 is 41.2 Å². The lowest BCUT2D eigenvalue weighted by molar-refractivity contribution is -0.126. The molecule has 0 aliphatic carbocycles. The molecule has 16 heteroatoms. The first kappa shape index (κ1) is 83.6. The van der Waals surface area contributed by atoms with Gasteiger partial charge in [0.15, 0.2) is 0 Å². The van der Waals surface area contributed by atoms with Crippen LogP contribution in [0.2, 0.25) is 0 Å². The van der Waals surface area contributed by atoms with E-state index in [4.69, 9.17) is 24.7 Å². The number of ketones is 1. The van der Waals surface area contributed by atoms with Crippen LogP contribution in [0.25, 0.3) is 10.9 Å². The maximum Gasteiger partial charge on any atom is 0.239 e. The van der Waals surface area contributed by atoms with Gasteiger partial charge in [0.1, 0.15) is 29.1 Å². The topological polar surface area (TPSA) is 202 Å². The fourth-order valence-corrected chi connectivity index (χ4v) is 13.0. The molecule has 1 saturated heterocycles. The minimum absolute atomic E-state index is 0.0128. The third kappa shape index (κ3) is 28.0. The van der Waals surface area contributed by atoms with Crippen LogP contribution in [0.4, 0.5) is 0 Å². The van der Waals surface area contributed by atoms with Crippen molar-refractivity contribution in [2.45, 2.75) is 169 Å². The lowest BCUT2D eigenvalue weighted by atomic mass is 9.87. The van der Waals surface area contributed by atoms with E-state index in [1.807, 2.05) is 166 Å². The molecule has 1 aliphatic rings. The van der Waals surface area contributed by atoms with Gasteiger partial charge in [-0.05, 0) is 146 Å². The summed E-state index contributed by atoms with van der Waals surface area (Å²) in [5.41, 5.74) is 14.5. The maximum absolute atomic E-state index is 13.2. The van der Waals surface area contributed by atoms with Crippen molar-refractivity contribution >= 4 is 34.4 Å². The monoisotopic (exact) mass is 1430 g/mol. The molecule has 8 aromatic rings. The molecule has 7 N–H and O–H groups in total. The minimum Gasteiger partial charge on any atom is -0.493 e. The smallest absolute Gasteiger partial charge is 0.239 e. The first-order valence-electron chi connectivity index (χ1n) is 38.5. The predicted molar refractivity (Wildman–Crippen MR) is 428 cm³/mol. The highest BCUT2D eigenvalue weighted by Gasteiger charge is 2.28. The molecule has 0 radical (unpaired) electrons. The molecule has 1 aromatic heterocycles. The van der Waals surface area contributed by atoms with Crippen LogP contribution in [-0.2, 0) is 30.5 Å². The van der Waals surface area contributed by atoms with Gasteiger partial charge in [0, 0.05) is 94.8 Å². The second-order valence-corrected chi connectivity index (χ2v) is 29.0. The molecule has 4 unspecified atom stereocenters. The number of ether oxygens (including phenoxy) is 4. The Hall–Kier alpha value is -8.64. The second kappa shape index (κ2) is 45.0. The first-order chi connectivity index (χ1) is 50.8. The van der Waals surface area contributed by atoms with Crippen molar-refractivity contribution in [2.75, 3.05) is 79.8 Å². The predicted octanol–water partition coefficient (Wildman–Crippen LogP) is 16.3. The van der Waals surface area contributed by atoms with E-state index >= 15 is 0 Å². The molecule has 566 valence electrons. The Bertz CT molecular complexity index is 3760. The quantitative estimate of drug-likeness (QED) is 0.0213. The van der Waals surface area contributed by atoms with Crippen LogP contribution in [0.1, 0.15) is 189 Å². The van der Waals surface area contributed by atoms with Crippen molar-refractivity contribution in [2.24, 2.45) is 23.5 Å². The van der Waals surface area contributed by atoms with Crippen molar-refractivity contribution in [3.05, 3.63) is 233 Å². The number of carbonyl (C=O) groups excluding carboxylic acids is 4. The number of Topliss-reactive ketones (excluding diaryl/α,β-unsaturated/α-hetero) is 1. The van der Waals surface area contributed by atoms with Gasteiger partial charge in [0.05, 0.1) is 49.8 Å². The normalized spacial score (nSPS) is 15.6. The number of hydrogen-bond acceptors (Lipinski definition) is 12. The summed E-state index contributed by atoms with van der Waals surface area (Å²) in [5, 5.41) is 14.3. The minimum atomic E-state index is -0.777. The molecule has 0 saturated carbocycles. The molecular weight excluding hydrogens is 1310 g/mol. The van der Waals surface area contributed by atoms with E-state index in [-0.39, 0.29) is 59.3 Å². The van der Waals surface area contributed by atoms with Crippen molar-refractivity contribution in [3.8, 4) is 17.2 Å². The highest BCUT2D eigenvalue weighted by atomic mass is 16.5. The Morgan fingerprint density at radius 2 is 0.905 bits per heavy atom. The molecule has 3 amide bonds. The summed E-state index contributed by atoms with van der Waals surface area (Å²) in [4.78, 5) is 60.3. The van der Waals surface area contributed by atoms with Crippen LogP contribution in [0, 0.1) is 17.8 Å². The van der Waals surface area contributed by atoms with Crippen LogP contribution >= 0.6 is 0 Å². The number of nitrogens with zero attached hydrogens (tertiary/aromatic N) is 2. The molecule has 7 aromatic carbocycles. The lowest BCUT2D eigenvalue weighted by Crippen LogP contribution is -2.48. The molecule has 0 spiro atoms. The maximum atomic E-state index is 13.2. The summed E-state index contributed by atoms with van der Waals surface area (Å²) in [6.07, 6.45) is 8.90. The number of piperazine rings is 1. The summed E-state index contributed by atoms with van der Waals surface area (Å²) in [7, 11) is 3.69. The Balaban J connectivity index is 0.000000220. The van der Waals surface area contributed by atoms with Gasteiger partial charge in [-0.15, -0.1) is 0 Å². The van der Waals surface area contributed by atoms with Gasteiger partial charge < -0.3 is 55.8 Å². The average Bonchev–Trinajstić information content (AvgIpc) is 1.81. The molecule has 0 bridgehead atoms. The number of nitrogens with two attached hydrogens (primary N) is 1. The Morgan fingerprint density at radius 1 is 0.486 bits per heavy atom. The van der Waals surface area contributed by atoms with Crippen LogP contribution in [0.5, 0.6) is 17.2 Å². The van der Waals surface area contributed by atoms with E-state index in [0.29, 0.717) is 57.0 Å². The fraction of sp³-hybridized carbons (Fsp3) is 0.461. The molecule has 1 fully saturated rings. The molecule has 16 nitrogen and oxygen atoms in total. The van der Waals surface area contributed by atoms with E-state index in [2.05, 4.69) is 133 Å². The molecule has 1 aliphatic heterocycles. The number of aromatic amines is 1. The van der Waals surface area contributed by atoms with E-state index in [0.717, 1.165) is 121 Å². The standard InChI is InChI=1S/C32H39N3O2.C29H42N2O4.C28H41N3O2/c1-4-10-23(2)22-37-28-17-15-26(16-18-28)31(35-32(36)24(3)25-11-6-5-7-12-25)21-33-19-27-20-34-30-14-9-8-13-29(27)30;1-6-10-20(2)19-35-26-15-13-24(14-16-26)25(18-31-29(33)28(30)22(4)34-5)17-27(32)21(3)23-11-8-7-9-12-23;1-5-9-22(2)21-33-26-14-12-25(13-15-26)27(20-31-18-16-30(4)17-19-31)29-28(32)23(3)24-10-7-6-8-11-24/h5-9,11-18,20,23-24,31,33-34H,4,10,19,21-22H2,1-3H3,(H,35,36);7-9,11-16,20-22,25,28H,6,10,17-19,30H2,1-5H3,(H,31,33);6-8,10-15,22-23,27H,5,9,16-21H2,1-4H3,(H,29,32)/t23?,24-,31-;20?,21-,22+,25-,28-;22?,23-,27?/m000/s1. The summed E-state index contributed by atoms with van der Waals surface area (Å²) < 4.78 is 23.1. The number of rotatable bonds is 39. The zero-order chi connectivity index (χ0) is 75.5. The zero-order valence-electron chi connectivity index (χ0n) is 64.8. The van der Waals surface area contributed by atoms with Crippen LogP contribution in [0.3, 0.4) is 0 Å². The summed E-state index contributed by atoms with van der Waals surface area (Å²) in [6, 6.07) is 61.2. The van der Waals surface area contributed by atoms with Gasteiger partial charge in [0.25, 0.3) is 0 Å². The van der Waals surface area contributed by atoms with Crippen LogP contribution in [-0.4, -0.2) is 130 Å². The van der Waals surface area contributed by atoms with Crippen molar-refractivity contribution in [3.63, 3.8) is 0 Å². The summed E-state index contributed by atoms with van der Waals surface area (Å²) >= 11 is 0. The number of likely N-dealkylation sites (N-methyl/N-ethyl adjacent to an activating group) is 1. The molecule has 2 heterocycles. The molecule has 9 rings (SSSR count). The molecule has 105 heavy (non-hydrogen) atoms. The highest BCUT2D eigenvalue weighted by molar-refractivity contribution is 5.87. The number of carbonyl (C=O) groups is 4. The molecular formula is C89H122N8O8. The third-order valence-electron chi connectivity index (χ3n) is 20.2. The van der Waals surface area contributed by atoms with Gasteiger partial charge in [-0.25, -0.2) is 0 Å². The number of amides is 3. The number of nitrogens with one attached hydrogen (secondary N) is 5. The largest absolute Gasteiger partial charge is 0.493 e. The van der Waals surface area contributed by atoms with Crippen molar-refractivity contribution < 1.29 is 38.1 Å². The van der Waals surface area contributed by atoms with Crippen molar-refractivity contribution in [1.82, 2.24) is 36.1 Å². The summed E-state index contributed by atoms with van der Waals surface area (Å²) in [6.45, 7) is 29.6. The fourth-order valence-electron chi connectivity index (χ4n) is 13.0. The van der Waals surface area contributed by atoms with Gasteiger partial charge in [-0.2, -0.15) is 0 Å². The number of H-pyrrole nitrogens is 1. The number of methoxy groups -OCH3 is 1. The summed E-state index contributed by atoms with van der Waals surface area (Å²) in [5.74, 6) is 3.21. The second-order valence-electron chi connectivity index (χ2n) is 29.0. The Morgan fingerprint density at radius 3 is 1.36 bits per heavy atom. The first-order valence-corrected chi connectivity index (χ1v) is 38.5. The number of fused-ring (bicyclic) bond motifs is 1. The Kier molecular flexibility index (Phi) is 35.8. The van der Waals surface area contributed by atoms with E-state index < -0.39 is 12.1 Å². The third-order valence-corrected chi connectivity index (χ3v) is 20.2. The van der Waals surface area contributed by atoms with E-state index in [1.54, 1.807) is 6.92 Å². The van der Waals surface area contributed by atoms with Crippen LogP contribution in [0.15, 0.2) is 194 Å². The Labute approximate surface area is 627 Å². The van der Waals surface area contributed by atoms with E-state index in [9.17, 15) is 19.2 Å². The lowest BCUT2D eigenvalue weighted by Gasteiger charge is -2.35. The number of hydrogen-bond donors (Lipinski definition) is 6. The highest BCUT2D eigenvalue weighted by Crippen LogP contribution is 2.30. The SMILES string of the molecule is CCCC(C)COc1ccc(C(CN2CCN(C)CC2)NC(=O)[C@@H](C)c2ccccc2)cc1.CCCC(C)COc1ccc([C@H](CNC(=O)[C@@H](N)[C@@H](C)OC)CC(=O)[C@@H](C)c2ccccc2)cc1.CCCC(C)COc1ccc([C@H](CNCc2c[nH]c3ccccc23)NC(=O)[C@@H](C)c2ccccc2)cc1. The van der Waals surface area contributed by atoms with Gasteiger partial charge in [-0.3, -0.25) is 24.1 Å². The van der Waals surface area contributed by atoms with E-state index in [1.165, 1.54) is 30.9 Å². The zero-order valence-corrected chi connectivity index (χ0v) is 64.8.